The molecule has 0 spiro atoms. The van der Waals surface area contributed by atoms with Crippen molar-refractivity contribution < 1.29 is 9.53 Å². The number of carbonyl (C=O) groups excluding carboxylic acids is 1. The molecule has 7 heteroatoms. The Labute approximate surface area is 215 Å². The van der Waals surface area contributed by atoms with Crippen LogP contribution in [0, 0.1) is 0 Å². The second-order valence-electron chi connectivity index (χ2n) is 9.51. The number of fused-ring (bicyclic) bond motifs is 3. The van der Waals surface area contributed by atoms with E-state index < -0.39 is 0 Å². The van der Waals surface area contributed by atoms with Crippen LogP contribution >= 0.6 is 11.3 Å². The van der Waals surface area contributed by atoms with Crippen LogP contribution in [0.5, 0.6) is 0 Å². The van der Waals surface area contributed by atoms with Crippen LogP contribution < -0.4 is 4.90 Å². The number of rotatable bonds is 5. The summed E-state index contributed by atoms with van der Waals surface area (Å²) in [6, 6.07) is 18.2. The van der Waals surface area contributed by atoms with Gasteiger partial charge in [-0.1, -0.05) is 42.5 Å². The SMILES string of the molecule is COCc1nc(N2CCN(C(=O)c3ccc(-c4ccccc4)cc3)CC2)c2c3c(sc2n1)CCCC3. The number of aryl methyl sites for hydroxylation is 2. The number of aromatic nitrogens is 2. The van der Waals surface area contributed by atoms with E-state index >= 15 is 0 Å². The number of carbonyl (C=O) groups is 1. The first kappa shape index (κ1) is 23.1. The summed E-state index contributed by atoms with van der Waals surface area (Å²) >= 11 is 1.82. The molecule has 2 aromatic heterocycles. The van der Waals surface area contributed by atoms with E-state index in [-0.39, 0.29) is 5.91 Å². The van der Waals surface area contributed by atoms with Crippen LogP contribution in [0.15, 0.2) is 54.6 Å². The summed E-state index contributed by atoms with van der Waals surface area (Å²) in [6.07, 6.45) is 4.72. The average molecular weight is 499 g/mol. The number of piperazine rings is 1. The molecule has 0 unspecified atom stereocenters. The maximum Gasteiger partial charge on any atom is 0.253 e. The Morgan fingerprint density at radius 2 is 1.64 bits per heavy atom. The highest BCUT2D eigenvalue weighted by atomic mass is 32.1. The summed E-state index contributed by atoms with van der Waals surface area (Å²) < 4.78 is 5.36. The van der Waals surface area contributed by atoms with Gasteiger partial charge >= 0.3 is 0 Å². The first-order chi connectivity index (χ1) is 17.7. The number of nitrogens with zero attached hydrogens (tertiary/aromatic N) is 4. The third-order valence-corrected chi connectivity index (χ3v) is 8.41. The molecule has 0 radical (unpaired) electrons. The molecule has 6 rings (SSSR count). The van der Waals surface area contributed by atoms with Crippen LogP contribution in [0.2, 0.25) is 0 Å². The van der Waals surface area contributed by atoms with Gasteiger partial charge in [0, 0.05) is 43.7 Å². The van der Waals surface area contributed by atoms with Gasteiger partial charge in [0.2, 0.25) is 0 Å². The molecule has 2 aromatic carbocycles. The molecule has 1 aliphatic heterocycles. The molecule has 0 saturated carbocycles. The number of methoxy groups -OCH3 is 1. The standard InChI is InChI=1S/C29H30N4O2S/c1-35-19-25-30-27(26-23-9-5-6-10-24(23)36-28(26)31-25)32-15-17-33(18-16-32)29(34)22-13-11-21(12-14-22)20-7-3-2-4-8-20/h2-4,7-8,11-14H,5-6,9-10,15-19H2,1H3. The van der Waals surface area contributed by atoms with Crippen LogP contribution in [0.3, 0.4) is 0 Å². The minimum absolute atomic E-state index is 0.0927. The molecule has 1 aliphatic carbocycles. The van der Waals surface area contributed by atoms with Gasteiger partial charge in [-0.2, -0.15) is 0 Å². The van der Waals surface area contributed by atoms with E-state index in [2.05, 4.69) is 17.0 Å². The Morgan fingerprint density at radius 1 is 0.917 bits per heavy atom. The average Bonchev–Trinajstić information content (AvgIpc) is 3.32. The molecule has 0 atom stereocenters. The van der Waals surface area contributed by atoms with Gasteiger partial charge in [0.1, 0.15) is 17.3 Å². The van der Waals surface area contributed by atoms with Crippen molar-refractivity contribution in [3.8, 4) is 11.1 Å². The Hall–Kier alpha value is -3.29. The second-order valence-corrected chi connectivity index (χ2v) is 10.6. The predicted molar refractivity (Wildman–Crippen MR) is 145 cm³/mol. The van der Waals surface area contributed by atoms with Gasteiger partial charge in [-0.3, -0.25) is 4.79 Å². The molecule has 0 N–H and O–H groups in total. The van der Waals surface area contributed by atoms with Gasteiger partial charge in [0.05, 0.1) is 5.39 Å². The monoisotopic (exact) mass is 498 g/mol. The lowest BCUT2D eigenvalue weighted by Gasteiger charge is -2.36. The van der Waals surface area contributed by atoms with Crippen molar-refractivity contribution in [2.75, 3.05) is 38.2 Å². The maximum absolute atomic E-state index is 13.3. The van der Waals surface area contributed by atoms with Crippen molar-refractivity contribution in [1.82, 2.24) is 14.9 Å². The van der Waals surface area contributed by atoms with E-state index in [1.807, 2.05) is 58.7 Å². The van der Waals surface area contributed by atoms with Crippen molar-refractivity contribution in [3.05, 3.63) is 76.4 Å². The fraction of sp³-hybridized carbons (Fsp3) is 0.345. The van der Waals surface area contributed by atoms with Crippen molar-refractivity contribution >= 4 is 33.3 Å². The fourth-order valence-electron chi connectivity index (χ4n) is 5.34. The van der Waals surface area contributed by atoms with Gasteiger partial charge in [-0.15, -0.1) is 11.3 Å². The molecule has 0 bridgehead atoms. The molecule has 4 aromatic rings. The summed E-state index contributed by atoms with van der Waals surface area (Å²) in [5.74, 6) is 1.84. The van der Waals surface area contributed by atoms with Crippen molar-refractivity contribution in [2.24, 2.45) is 0 Å². The Morgan fingerprint density at radius 3 is 2.39 bits per heavy atom. The number of hydrogen-bond acceptors (Lipinski definition) is 6. The Balaban J connectivity index is 1.21. The van der Waals surface area contributed by atoms with E-state index in [1.165, 1.54) is 28.7 Å². The van der Waals surface area contributed by atoms with Crippen LogP contribution in [0.25, 0.3) is 21.3 Å². The molecule has 1 saturated heterocycles. The number of amides is 1. The molecule has 1 amide bonds. The first-order valence-corrected chi connectivity index (χ1v) is 13.5. The zero-order valence-corrected chi connectivity index (χ0v) is 21.4. The minimum Gasteiger partial charge on any atom is -0.377 e. The van der Waals surface area contributed by atoms with Crippen LogP contribution in [-0.4, -0.2) is 54.1 Å². The third-order valence-electron chi connectivity index (χ3n) is 7.22. The quantitative estimate of drug-likeness (QED) is 0.371. The van der Waals surface area contributed by atoms with Crippen LogP contribution in [-0.2, 0) is 24.2 Å². The zero-order valence-electron chi connectivity index (χ0n) is 20.6. The lowest BCUT2D eigenvalue weighted by Crippen LogP contribution is -2.49. The predicted octanol–water partition coefficient (Wildman–Crippen LogP) is 5.35. The summed E-state index contributed by atoms with van der Waals surface area (Å²) in [7, 11) is 1.68. The molecule has 2 aliphatic rings. The normalized spacial score (nSPS) is 15.8. The molecule has 6 nitrogen and oxygen atoms in total. The fourth-order valence-corrected chi connectivity index (χ4v) is 6.62. The lowest BCUT2D eigenvalue weighted by molar-refractivity contribution is 0.0746. The summed E-state index contributed by atoms with van der Waals surface area (Å²) in [5, 5.41) is 1.23. The highest BCUT2D eigenvalue weighted by Gasteiger charge is 2.28. The minimum atomic E-state index is 0.0927. The van der Waals surface area contributed by atoms with E-state index in [0.717, 1.165) is 59.1 Å². The van der Waals surface area contributed by atoms with Gasteiger partial charge in [0.25, 0.3) is 5.91 Å². The van der Waals surface area contributed by atoms with Crippen LogP contribution in [0.4, 0.5) is 5.82 Å². The largest absolute Gasteiger partial charge is 0.377 e. The van der Waals surface area contributed by atoms with Gasteiger partial charge in [-0.05, 0) is 54.5 Å². The topological polar surface area (TPSA) is 58.6 Å². The first-order valence-electron chi connectivity index (χ1n) is 12.7. The van der Waals surface area contributed by atoms with E-state index in [9.17, 15) is 4.79 Å². The van der Waals surface area contributed by atoms with Crippen molar-refractivity contribution in [3.63, 3.8) is 0 Å². The highest BCUT2D eigenvalue weighted by Crippen LogP contribution is 2.40. The van der Waals surface area contributed by atoms with Gasteiger partial charge in [0.15, 0.2) is 5.82 Å². The van der Waals surface area contributed by atoms with Crippen LogP contribution in [0.1, 0.15) is 39.5 Å². The zero-order chi connectivity index (χ0) is 24.5. The highest BCUT2D eigenvalue weighted by molar-refractivity contribution is 7.19. The van der Waals surface area contributed by atoms with Crippen molar-refractivity contribution in [1.29, 1.82) is 0 Å². The summed E-state index contributed by atoms with van der Waals surface area (Å²) in [6.45, 7) is 3.28. The lowest BCUT2D eigenvalue weighted by atomic mass is 9.97. The molecule has 36 heavy (non-hydrogen) atoms. The Bertz CT molecular complexity index is 1380. The molecule has 184 valence electrons. The number of hydrogen-bond donors (Lipinski definition) is 0. The molecular weight excluding hydrogens is 468 g/mol. The van der Waals surface area contributed by atoms with E-state index in [0.29, 0.717) is 19.7 Å². The van der Waals surface area contributed by atoms with Gasteiger partial charge in [-0.25, -0.2) is 9.97 Å². The second kappa shape index (κ2) is 9.99. The molecule has 3 heterocycles. The molecular formula is C29H30N4O2S. The number of ether oxygens (including phenoxy) is 1. The smallest absolute Gasteiger partial charge is 0.253 e. The maximum atomic E-state index is 13.3. The molecule has 1 fully saturated rings. The summed E-state index contributed by atoms with van der Waals surface area (Å²) in [5.41, 5.74) is 4.46. The van der Waals surface area contributed by atoms with E-state index in [4.69, 9.17) is 14.7 Å². The van der Waals surface area contributed by atoms with Crippen molar-refractivity contribution in [2.45, 2.75) is 32.3 Å². The summed E-state index contributed by atoms with van der Waals surface area (Å²) in [4.78, 5) is 29.9. The Kier molecular flexibility index (Phi) is 6.42. The van der Waals surface area contributed by atoms with E-state index in [1.54, 1.807) is 7.11 Å². The number of thiophene rings is 1. The van der Waals surface area contributed by atoms with Gasteiger partial charge < -0.3 is 14.5 Å². The number of benzene rings is 2. The number of anilines is 1. The third kappa shape index (κ3) is 4.38.